The van der Waals surface area contributed by atoms with Crippen molar-refractivity contribution in [1.82, 2.24) is 19.7 Å². The molecule has 0 aliphatic carbocycles. The lowest BCUT2D eigenvalue weighted by Gasteiger charge is -2.09. The summed E-state index contributed by atoms with van der Waals surface area (Å²) in [6, 6.07) is 13.9. The van der Waals surface area contributed by atoms with Crippen molar-refractivity contribution in [3.05, 3.63) is 60.5 Å². The molecule has 0 saturated carbocycles. The molecule has 3 N–H and O–H groups in total. The molecule has 4 rings (SSSR count). The maximum atomic E-state index is 13.4. The van der Waals surface area contributed by atoms with Crippen LogP contribution in [0.3, 0.4) is 0 Å². The molecule has 1 amide bonds. The molecular formula is C18H14FN5OS. The quantitative estimate of drug-likeness (QED) is 0.530. The smallest absolute Gasteiger partial charge is 0.227 e. The zero-order chi connectivity index (χ0) is 18.1. The summed E-state index contributed by atoms with van der Waals surface area (Å²) in [7, 11) is 0. The van der Waals surface area contributed by atoms with Crippen LogP contribution in [0.4, 0.5) is 4.39 Å². The lowest BCUT2D eigenvalue weighted by atomic mass is 10.1. The molecule has 0 spiro atoms. The fraction of sp³-hybridized carbons (Fsp3) is 0.0556. The number of aromatic nitrogens is 4. The Morgan fingerprint density at radius 3 is 2.69 bits per heavy atom. The predicted octanol–water partition coefficient (Wildman–Crippen LogP) is 3.13. The number of nitrogens with two attached hydrogens (primary N) is 1. The van der Waals surface area contributed by atoms with Gasteiger partial charge in [-0.3, -0.25) is 9.36 Å². The maximum Gasteiger partial charge on any atom is 0.227 e. The summed E-state index contributed by atoms with van der Waals surface area (Å²) in [5, 5.41) is 10.0. The molecule has 2 aromatic heterocycles. The molecule has 4 aromatic rings. The minimum Gasteiger partial charge on any atom is -0.369 e. The molecule has 0 radical (unpaired) electrons. The molecule has 8 heteroatoms. The molecule has 6 nitrogen and oxygen atoms in total. The summed E-state index contributed by atoms with van der Waals surface area (Å²) in [4.78, 5) is 14.4. The first-order chi connectivity index (χ1) is 12.6. The van der Waals surface area contributed by atoms with Gasteiger partial charge < -0.3 is 10.7 Å². The van der Waals surface area contributed by atoms with Crippen LogP contribution in [0.1, 0.15) is 0 Å². The van der Waals surface area contributed by atoms with Crippen molar-refractivity contribution in [1.29, 1.82) is 0 Å². The number of amides is 1. The minimum atomic E-state index is -0.447. The Labute approximate surface area is 152 Å². The first-order valence-electron chi connectivity index (χ1n) is 7.82. The number of fused-ring (bicyclic) bond motifs is 1. The second-order valence-electron chi connectivity index (χ2n) is 5.62. The van der Waals surface area contributed by atoms with Gasteiger partial charge in [0, 0.05) is 28.4 Å². The molecule has 2 heterocycles. The SMILES string of the molecule is NC(=O)CSc1nnc(-c2c[nH]c3ccccc23)n1-c1ccc(F)cc1. The van der Waals surface area contributed by atoms with Gasteiger partial charge in [0.1, 0.15) is 5.82 Å². The number of aromatic amines is 1. The van der Waals surface area contributed by atoms with Gasteiger partial charge in [0.2, 0.25) is 5.91 Å². The van der Waals surface area contributed by atoms with E-state index in [-0.39, 0.29) is 11.6 Å². The Balaban J connectivity index is 1.89. The molecule has 0 unspecified atom stereocenters. The molecule has 0 fully saturated rings. The number of H-pyrrole nitrogens is 1. The van der Waals surface area contributed by atoms with Gasteiger partial charge in [-0.1, -0.05) is 30.0 Å². The number of thioether (sulfide) groups is 1. The molecule has 130 valence electrons. The van der Waals surface area contributed by atoms with E-state index in [0.29, 0.717) is 16.7 Å². The van der Waals surface area contributed by atoms with E-state index in [9.17, 15) is 9.18 Å². The summed E-state index contributed by atoms with van der Waals surface area (Å²) < 4.78 is 15.1. The highest BCUT2D eigenvalue weighted by Gasteiger charge is 2.19. The highest BCUT2D eigenvalue weighted by molar-refractivity contribution is 7.99. The molecular weight excluding hydrogens is 353 g/mol. The number of rotatable bonds is 5. The van der Waals surface area contributed by atoms with Crippen LogP contribution in [0.2, 0.25) is 0 Å². The normalized spacial score (nSPS) is 11.1. The molecule has 0 bridgehead atoms. The van der Waals surface area contributed by atoms with Crippen LogP contribution < -0.4 is 5.73 Å². The van der Waals surface area contributed by atoms with Gasteiger partial charge in [0.05, 0.1) is 5.75 Å². The van der Waals surface area contributed by atoms with Gasteiger partial charge in [0.15, 0.2) is 11.0 Å². The molecule has 0 aliphatic rings. The number of hydrogen-bond acceptors (Lipinski definition) is 4. The van der Waals surface area contributed by atoms with E-state index < -0.39 is 5.91 Å². The Morgan fingerprint density at radius 1 is 1.15 bits per heavy atom. The van der Waals surface area contributed by atoms with E-state index in [1.165, 1.54) is 23.9 Å². The van der Waals surface area contributed by atoms with Crippen molar-refractivity contribution in [2.45, 2.75) is 5.16 Å². The molecule has 26 heavy (non-hydrogen) atoms. The highest BCUT2D eigenvalue weighted by Crippen LogP contribution is 2.32. The topological polar surface area (TPSA) is 89.6 Å². The lowest BCUT2D eigenvalue weighted by molar-refractivity contribution is -0.115. The monoisotopic (exact) mass is 367 g/mol. The number of primary amides is 1. The number of nitrogens with zero attached hydrogens (tertiary/aromatic N) is 3. The van der Waals surface area contributed by atoms with Gasteiger partial charge in [-0.2, -0.15) is 0 Å². The Hall–Kier alpha value is -3.13. The van der Waals surface area contributed by atoms with Crippen molar-refractivity contribution >= 4 is 28.6 Å². The predicted molar refractivity (Wildman–Crippen MR) is 98.5 cm³/mol. The van der Waals surface area contributed by atoms with Gasteiger partial charge >= 0.3 is 0 Å². The van der Waals surface area contributed by atoms with Crippen molar-refractivity contribution in [3.8, 4) is 17.1 Å². The van der Waals surface area contributed by atoms with Gasteiger partial charge in [-0.15, -0.1) is 10.2 Å². The first-order valence-corrected chi connectivity index (χ1v) is 8.81. The van der Waals surface area contributed by atoms with Crippen molar-refractivity contribution in [2.75, 3.05) is 5.75 Å². The van der Waals surface area contributed by atoms with Crippen molar-refractivity contribution in [2.24, 2.45) is 5.73 Å². The maximum absolute atomic E-state index is 13.4. The van der Waals surface area contributed by atoms with Crippen LogP contribution in [0.15, 0.2) is 59.9 Å². The average Bonchev–Trinajstić information content (AvgIpc) is 3.24. The Bertz CT molecular complexity index is 1090. The van der Waals surface area contributed by atoms with Crippen LogP contribution in [0, 0.1) is 5.82 Å². The number of halogens is 1. The van der Waals surface area contributed by atoms with E-state index in [1.807, 2.05) is 30.5 Å². The molecule has 2 aromatic carbocycles. The largest absolute Gasteiger partial charge is 0.369 e. The summed E-state index contributed by atoms with van der Waals surface area (Å²) in [6.07, 6.45) is 1.86. The molecule has 0 saturated heterocycles. The fourth-order valence-electron chi connectivity index (χ4n) is 2.75. The fourth-order valence-corrected chi connectivity index (χ4v) is 3.44. The summed E-state index contributed by atoms with van der Waals surface area (Å²) in [5.74, 6) is -0.104. The van der Waals surface area contributed by atoms with Gasteiger partial charge in [-0.05, 0) is 30.3 Å². The van der Waals surface area contributed by atoms with Crippen molar-refractivity contribution in [3.63, 3.8) is 0 Å². The van der Waals surface area contributed by atoms with Crippen LogP contribution in [0.5, 0.6) is 0 Å². The van der Waals surface area contributed by atoms with E-state index in [1.54, 1.807) is 16.7 Å². The number of nitrogens with one attached hydrogen (secondary N) is 1. The Morgan fingerprint density at radius 2 is 1.92 bits per heavy atom. The third kappa shape index (κ3) is 2.95. The summed E-state index contributed by atoms with van der Waals surface area (Å²) in [5.41, 5.74) is 7.79. The second-order valence-corrected chi connectivity index (χ2v) is 6.56. The third-order valence-corrected chi connectivity index (χ3v) is 4.84. The zero-order valence-electron chi connectivity index (χ0n) is 13.5. The van der Waals surface area contributed by atoms with E-state index in [4.69, 9.17) is 5.73 Å². The van der Waals surface area contributed by atoms with E-state index in [0.717, 1.165) is 16.5 Å². The summed E-state index contributed by atoms with van der Waals surface area (Å²) in [6.45, 7) is 0. The first kappa shape index (κ1) is 16.3. The molecule has 0 aliphatic heterocycles. The average molecular weight is 367 g/mol. The van der Waals surface area contributed by atoms with Gasteiger partial charge in [-0.25, -0.2) is 4.39 Å². The number of carbonyl (C=O) groups excluding carboxylic acids is 1. The summed E-state index contributed by atoms with van der Waals surface area (Å²) >= 11 is 1.19. The van der Waals surface area contributed by atoms with Crippen LogP contribution in [-0.2, 0) is 4.79 Å². The minimum absolute atomic E-state index is 0.0766. The van der Waals surface area contributed by atoms with E-state index >= 15 is 0 Å². The number of hydrogen-bond donors (Lipinski definition) is 2. The highest BCUT2D eigenvalue weighted by atomic mass is 32.2. The zero-order valence-corrected chi connectivity index (χ0v) is 14.3. The Kier molecular flexibility index (Phi) is 4.18. The van der Waals surface area contributed by atoms with E-state index in [2.05, 4.69) is 15.2 Å². The third-order valence-electron chi connectivity index (χ3n) is 3.89. The number of para-hydroxylation sites is 1. The second kappa shape index (κ2) is 6.64. The molecule has 0 atom stereocenters. The lowest BCUT2D eigenvalue weighted by Crippen LogP contribution is -2.13. The number of benzene rings is 2. The van der Waals surface area contributed by atoms with Crippen LogP contribution >= 0.6 is 11.8 Å². The van der Waals surface area contributed by atoms with Crippen LogP contribution in [-0.4, -0.2) is 31.4 Å². The van der Waals surface area contributed by atoms with Gasteiger partial charge in [0.25, 0.3) is 0 Å². The standard InChI is InChI=1S/C18H14FN5OS/c19-11-5-7-12(8-6-11)24-17(22-23-18(24)26-10-16(20)25)14-9-21-15-4-2-1-3-13(14)15/h1-9,21H,10H2,(H2,20,25). The van der Waals surface area contributed by atoms with Crippen LogP contribution in [0.25, 0.3) is 28.0 Å². The van der Waals surface area contributed by atoms with Crippen molar-refractivity contribution < 1.29 is 9.18 Å². The number of carbonyl (C=O) groups is 1.